The number of nitrogens with zero attached hydrogens (tertiary/aromatic N) is 1. The van der Waals surface area contributed by atoms with Gasteiger partial charge in [-0.15, -0.1) is 0 Å². The number of rotatable bonds is 3. The Morgan fingerprint density at radius 1 is 1.40 bits per heavy atom. The standard InChI is InChI=1S/C12H18N2O/c1-12(2,3)6-11(15)10-5-4-9(7-13)8-14-10/h4-5,8H,6-7,13H2,1-3H3. The molecule has 0 aliphatic heterocycles. The highest BCUT2D eigenvalue weighted by atomic mass is 16.1. The van der Waals surface area contributed by atoms with E-state index in [1.165, 1.54) is 0 Å². The molecule has 0 spiro atoms. The SMILES string of the molecule is CC(C)(C)CC(=O)c1ccc(CN)cn1. The molecule has 3 heteroatoms. The average molecular weight is 206 g/mol. The summed E-state index contributed by atoms with van der Waals surface area (Å²) < 4.78 is 0. The third-order valence-corrected chi connectivity index (χ3v) is 2.04. The third kappa shape index (κ3) is 3.80. The van der Waals surface area contributed by atoms with E-state index in [9.17, 15) is 4.79 Å². The highest BCUT2D eigenvalue weighted by Crippen LogP contribution is 2.20. The fourth-order valence-corrected chi connectivity index (χ4v) is 1.28. The third-order valence-electron chi connectivity index (χ3n) is 2.04. The Kier molecular flexibility index (Phi) is 3.58. The predicted molar refractivity (Wildman–Crippen MR) is 60.5 cm³/mol. The van der Waals surface area contributed by atoms with Crippen LogP contribution in [0.2, 0.25) is 0 Å². The molecule has 0 atom stereocenters. The minimum Gasteiger partial charge on any atom is -0.326 e. The van der Waals surface area contributed by atoms with Crippen LogP contribution >= 0.6 is 0 Å². The number of pyridine rings is 1. The van der Waals surface area contributed by atoms with Crippen molar-refractivity contribution in [1.29, 1.82) is 0 Å². The lowest BCUT2D eigenvalue weighted by atomic mass is 9.89. The summed E-state index contributed by atoms with van der Waals surface area (Å²) >= 11 is 0. The van der Waals surface area contributed by atoms with Crippen molar-refractivity contribution in [3.8, 4) is 0 Å². The first kappa shape index (κ1) is 11.9. The Hall–Kier alpha value is -1.22. The van der Waals surface area contributed by atoms with Gasteiger partial charge in [0.1, 0.15) is 5.69 Å². The largest absolute Gasteiger partial charge is 0.326 e. The zero-order valence-corrected chi connectivity index (χ0v) is 9.58. The number of Topliss-reactive ketones (excluding diaryl/α,β-unsaturated/α-hetero) is 1. The molecule has 1 heterocycles. The van der Waals surface area contributed by atoms with Crippen molar-refractivity contribution < 1.29 is 4.79 Å². The summed E-state index contributed by atoms with van der Waals surface area (Å²) in [5.41, 5.74) is 6.93. The Balaban J connectivity index is 2.75. The predicted octanol–water partition coefficient (Wildman–Crippen LogP) is 2.16. The average Bonchev–Trinajstić information content (AvgIpc) is 2.15. The Labute approximate surface area is 90.7 Å². The summed E-state index contributed by atoms with van der Waals surface area (Å²) in [5.74, 6) is 0.0890. The second-order valence-electron chi connectivity index (χ2n) is 4.92. The molecular formula is C12H18N2O. The van der Waals surface area contributed by atoms with Gasteiger partial charge < -0.3 is 5.73 Å². The number of hydrogen-bond acceptors (Lipinski definition) is 3. The van der Waals surface area contributed by atoms with Crippen LogP contribution < -0.4 is 5.73 Å². The van der Waals surface area contributed by atoms with Crippen LogP contribution in [0.1, 0.15) is 43.2 Å². The monoisotopic (exact) mass is 206 g/mol. The van der Waals surface area contributed by atoms with Gasteiger partial charge in [0.05, 0.1) is 0 Å². The van der Waals surface area contributed by atoms with Crippen molar-refractivity contribution in [2.45, 2.75) is 33.7 Å². The summed E-state index contributed by atoms with van der Waals surface area (Å²) in [4.78, 5) is 15.9. The molecule has 0 aromatic carbocycles. The van der Waals surface area contributed by atoms with E-state index in [0.29, 0.717) is 18.7 Å². The van der Waals surface area contributed by atoms with E-state index < -0.39 is 0 Å². The molecule has 15 heavy (non-hydrogen) atoms. The second-order valence-corrected chi connectivity index (χ2v) is 4.92. The van der Waals surface area contributed by atoms with Gasteiger partial charge >= 0.3 is 0 Å². The van der Waals surface area contributed by atoms with Gasteiger partial charge in [0.15, 0.2) is 5.78 Å². The van der Waals surface area contributed by atoms with Crippen LogP contribution in [-0.2, 0) is 6.54 Å². The molecule has 1 aromatic heterocycles. The molecule has 0 bridgehead atoms. The molecule has 1 aromatic rings. The second kappa shape index (κ2) is 4.53. The van der Waals surface area contributed by atoms with Gasteiger partial charge in [0.2, 0.25) is 0 Å². The summed E-state index contributed by atoms with van der Waals surface area (Å²) in [6.07, 6.45) is 2.18. The molecule has 0 fully saturated rings. The van der Waals surface area contributed by atoms with Gasteiger partial charge in [-0.3, -0.25) is 9.78 Å². The summed E-state index contributed by atoms with van der Waals surface area (Å²) in [5, 5.41) is 0. The summed E-state index contributed by atoms with van der Waals surface area (Å²) in [7, 11) is 0. The minimum atomic E-state index is 0.00526. The van der Waals surface area contributed by atoms with E-state index >= 15 is 0 Å². The molecule has 0 amide bonds. The number of aromatic nitrogens is 1. The molecule has 0 aliphatic carbocycles. The quantitative estimate of drug-likeness (QED) is 0.771. The summed E-state index contributed by atoms with van der Waals surface area (Å²) in [6, 6.07) is 3.60. The number of hydrogen-bond donors (Lipinski definition) is 1. The van der Waals surface area contributed by atoms with Gasteiger partial charge in [-0.05, 0) is 17.0 Å². The zero-order chi connectivity index (χ0) is 11.5. The molecule has 0 radical (unpaired) electrons. The van der Waals surface area contributed by atoms with E-state index in [1.807, 2.05) is 26.8 Å². The van der Waals surface area contributed by atoms with Crippen molar-refractivity contribution in [2.75, 3.05) is 0 Å². The van der Waals surface area contributed by atoms with Crippen LogP contribution in [0.25, 0.3) is 0 Å². The summed E-state index contributed by atoms with van der Waals surface area (Å²) in [6.45, 7) is 6.58. The van der Waals surface area contributed by atoms with Gasteiger partial charge in [-0.25, -0.2) is 0 Å². The number of carbonyl (C=O) groups is 1. The number of ketones is 1. The van der Waals surface area contributed by atoms with E-state index in [-0.39, 0.29) is 11.2 Å². The Bertz CT molecular complexity index is 336. The van der Waals surface area contributed by atoms with Crippen LogP contribution in [-0.4, -0.2) is 10.8 Å². The lowest BCUT2D eigenvalue weighted by Crippen LogP contribution is -2.14. The van der Waals surface area contributed by atoms with Crippen LogP contribution in [0.15, 0.2) is 18.3 Å². The first-order valence-corrected chi connectivity index (χ1v) is 5.10. The van der Waals surface area contributed by atoms with Crippen LogP contribution in [0, 0.1) is 5.41 Å². The fraction of sp³-hybridized carbons (Fsp3) is 0.500. The smallest absolute Gasteiger partial charge is 0.181 e. The number of nitrogens with two attached hydrogens (primary N) is 1. The van der Waals surface area contributed by atoms with Crippen LogP contribution in [0.4, 0.5) is 0 Å². The molecule has 0 saturated carbocycles. The molecule has 1 rings (SSSR count). The molecule has 82 valence electrons. The lowest BCUT2D eigenvalue weighted by Gasteiger charge is -2.16. The molecule has 2 N–H and O–H groups in total. The van der Waals surface area contributed by atoms with Crippen LogP contribution in [0.5, 0.6) is 0 Å². The Morgan fingerprint density at radius 3 is 2.47 bits per heavy atom. The van der Waals surface area contributed by atoms with Gasteiger partial charge in [-0.1, -0.05) is 26.8 Å². The fourth-order valence-electron chi connectivity index (χ4n) is 1.28. The molecule has 0 saturated heterocycles. The van der Waals surface area contributed by atoms with Crippen molar-refractivity contribution >= 4 is 5.78 Å². The van der Waals surface area contributed by atoms with E-state index in [1.54, 1.807) is 12.3 Å². The molecule has 0 unspecified atom stereocenters. The molecular weight excluding hydrogens is 188 g/mol. The van der Waals surface area contributed by atoms with Crippen molar-refractivity contribution in [3.05, 3.63) is 29.6 Å². The van der Waals surface area contributed by atoms with E-state index in [0.717, 1.165) is 5.56 Å². The van der Waals surface area contributed by atoms with Crippen molar-refractivity contribution in [2.24, 2.45) is 11.1 Å². The van der Waals surface area contributed by atoms with Gasteiger partial charge in [0, 0.05) is 19.2 Å². The van der Waals surface area contributed by atoms with Crippen molar-refractivity contribution in [3.63, 3.8) is 0 Å². The maximum atomic E-state index is 11.8. The zero-order valence-electron chi connectivity index (χ0n) is 9.58. The van der Waals surface area contributed by atoms with Gasteiger partial charge in [0.25, 0.3) is 0 Å². The maximum Gasteiger partial charge on any atom is 0.181 e. The maximum absolute atomic E-state index is 11.8. The van der Waals surface area contributed by atoms with Gasteiger partial charge in [-0.2, -0.15) is 0 Å². The topological polar surface area (TPSA) is 56.0 Å². The highest BCUT2D eigenvalue weighted by molar-refractivity contribution is 5.94. The molecule has 0 aliphatic rings. The number of carbonyl (C=O) groups excluding carboxylic acids is 1. The normalized spacial score (nSPS) is 11.5. The van der Waals surface area contributed by atoms with E-state index in [2.05, 4.69) is 4.98 Å². The highest BCUT2D eigenvalue weighted by Gasteiger charge is 2.17. The Morgan fingerprint density at radius 2 is 2.07 bits per heavy atom. The minimum absolute atomic E-state index is 0.00526. The first-order valence-electron chi connectivity index (χ1n) is 5.10. The van der Waals surface area contributed by atoms with Crippen LogP contribution in [0.3, 0.4) is 0 Å². The lowest BCUT2D eigenvalue weighted by molar-refractivity contribution is 0.0935. The molecule has 3 nitrogen and oxygen atoms in total. The van der Waals surface area contributed by atoms with Crippen molar-refractivity contribution in [1.82, 2.24) is 4.98 Å². The first-order chi connectivity index (χ1) is 6.92. The van der Waals surface area contributed by atoms with E-state index in [4.69, 9.17) is 5.73 Å².